The number of nitrogens with two attached hydrogens (primary N) is 1. The van der Waals surface area contributed by atoms with Gasteiger partial charge in [-0.05, 0) is 43.9 Å². The molecule has 2 N–H and O–H groups in total. The standard InChI is InChI=1S/C10H14N2/c1-8-3-6-12-9(7-8)10(11)4-2-5-10/h3,6-7H,2,4-5,11H2,1H3. The summed E-state index contributed by atoms with van der Waals surface area (Å²) in [5.41, 5.74) is 8.34. The third kappa shape index (κ3) is 1.12. The minimum Gasteiger partial charge on any atom is -0.320 e. The zero-order chi connectivity index (χ0) is 8.60. The lowest BCUT2D eigenvalue weighted by Gasteiger charge is -2.37. The van der Waals surface area contributed by atoms with Crippen LogP contribution in [0.2, 0.25) is 0 Å². The first-order valence-corrected chi connectivity index (χ1v) is 4.43. The van der Waals surface area contributed by atoms with Gasteiger partial charge in [0, 0.05) is 6.20 Å². The van der Waals surface area contributed by atoms with Crippen molar-refractivity contribution in [2.45, 2.75) is 31.7 Å². The van der Waals surface area contributed by atoms with Crippen LogP contribution in [0.1, 0.15) is 30.5 Å². The average Bonchev–Trinajstić information content (AvgIpc) is 2.00. The molecule has 1 aliphatic rings. The second-order valence-corrected chi connectivity index (χ2v) is 3.73. The maximum atomic E-state index is 6.13. The van der Waals surface area contributed by atoms with E-state index in [4.69, 9.17) is 5.73 Å². The fraction of sp³-hybridized carbons (Fsp3) is 0.500. The molecule has 0 aromatic carbocycles. The van der Waals surface area contributed by atoms with Crippen molar-refractivity contribution in [2.75, 3.05) is 0 Å². The molecule has 2 nitrogen and oxygen atoms in total. The Morgan fingerprint density at radius 3 is 2.75 bits per heavy atom. The van der Waals surface area contributed by atoms with Crippen LogP contribution in [0.3, 0.4) is 0 Å². The van der Waals surface area contributed by atoms with Gasteiger partial charge in [-0.25, -0.2) is 0 Å². The zero-order valence-electron chi connectivity index (χ0n) is 7.38. The highest BCUT2D eigenvalue weighted by Crippen LogP contribution is 2.37. The highest BCUT2D eigenvalue weighted by Gasteiger charge is 2.35. The molecule has 2 rings (SSSR count). The van der Waals surface area contributed by atoms with Crippen LogP contribution < -0.4 is 5.73 Å². The van der Waals surface area contributed by atoms with E-state index >= 15 is 0 Å². The normalized spacial score (nSPS) is 20.2. The van der Waals surface area contributed by atoms with E-state index < -0.39 is 0 Å². The van der Waals surface area contributed by atoms with Crippen molar-refractivity contribution >= 4 is 0 Å². The van der Waals surface area contributed by atoms with Crippen molar-refractivity contribution in [2.24, 2.45) is 5.73 Å². The topological polar surface area (TPSA) is 38.9 Å². The third-order valence-electron chi connectivity index (χ3n) is 2.67. The first-order valence-electron chi connectivity index (χ1n) is 4.43. The Balaban J connectivity index is 2.33. The molecule has 0 unspecified atom stereocenters. The first kappa shape index (κ1) is 7.74. The number of hydrogen-bond donors (Lipinski definition) is 1. The van der Waals surface area contributed by atoms with Crippen LogP contribution in [0.4, 0.5) is 0 Å². The van der Waals surface area contributed by atoms with Gasteiger partial charge in [-0.15, -0.1) is 0 Å². The Hall–Kier alpha value is -0.890. The van der Waals surface area contributed by atoms with Gasteiger partial charge in [0.2, 0.25) is 0 Å². The van der Waals surface area contributed by atoms with Gasteiger partial charge in [-0.2, -0.15) is 0 Å². The predicted molar refractivity (Wildman–Crippen MR) is 48.7 cm³/mol. The van der Waals surface area contributed by atoms with Gasteiger partial charge in [-0.1, -0.05) is 0 Å². The second-order valence-electron chi connectivity index (χ2n) is 3.73. The quantitative estimate of drug-likeness (QED) is 0.683. The van der Waals surface area contributed by atoms with Gasteiger partial charge < -0.3 is 5.73 Å². The summed E-state index contributed by atoms with van der Waals surface area (Å²) in [4.78, 5) is 4.31. The number of aryl methyl sites for hydroxylation is 1. The van der Waals surface area contributed by atoms with Crippen molar-refractivity contribution in [3.8, 4) is 0 Å². The molecule has 1 aromatic rings. The molecule has 2 heteroatoms. The summed E-state index contributed by atoms with van der Waals surface area (Å²) in [7, 11) is 0. The van der Waals surface area contributed by atoms with E-state index in [0.29, 0.717) is 0 Å². The summed E-state index contributed by atoms with van der Waals surface area (Å²) < 4.78 is 0. The lowest BCUT2D eigenvalue weighted by atomic mass is 9.75. The summed E-state index contributed by atoms with van der Waals surface area (Å²) >= 11 is 0. The molecule has 1 aromatic heterocycles. The van der Waals surface area contributed by atoms with E-state index in [1.165, 1.54) is 12.0 Å². The maximum Gasteiger partial charge on any atom is 0.0605 e. The zero-order valence-corrected chi connectivity index (χ0v) is 7.38. The monoisotopic (exact) mass is 162 g/mol. The summed E-state index contributed by atoms with van der Waals surface area (Å²) in [6.07, 6.45) is 5.26. The van der Waals surface area contributed by atoms with Crippen LogP contribution in [0.25, 0.3) is 0 Å². The average molecular weight is 162 g/mol. The Morgan fingerprint density at radius 1 is 1.50 bits per heavy atom. The Kier molecular flexibility index (Phi) is 1.65. The molecule has 0 amide bonds. The molecule has 64 valence electrons. The van der Waals surface area contributed by atoms with Gasteiger partial charge in [-0.3, -0.25) is 4.98 Å². The number of pyridine rings is 1. The lowest BCUT2D eigenvalue weighted by molar-refractivity contribution is 0.246. The van der Waals surface area contributed by atoms with Crippen LogP contribution >= 0.6 is 0 Å². The van der Waals surface area contributed by atoms with E-state index in [-0.39, 0.29) is 5.54 Å². The molecule has 0 bridgehead atoms. The number of rotatable bonds is 1. The van der Waals surface area contributed by atoms with E-state index in [1.807, 2.05) is 12.3 Å². The van der Waals surface area contributed by atoms with E-state index in [9.17, 15) is 0 Å². The highest BCUT2D eigenvalue weighted by molar-refractivity contribution is 5.23. The Labute approximate surface area is 72.8 Å². The molecule has 1 aliphatic carbocycles. The molecular weight excluding hydrogens is 148 g/mol. The van der Waals surface area contributed by atoms with Gasteiger partial charge in [0.05, 0.1) is 11.2 Å². The smallest absolute Gasteiger partial charge is 0.0605 e. The molecule has 1 fully saturated rings. The maximum absolute atomic E-state index is 6.13. The number of aromatic nitrogens is 1. The van der Waals surface area contributed by atoms with Crippen LogP contribution in [-0.2, 0) is 5.54 Å². The molecule has 0 atom stereocenters. The summed E-state index contributed by atoms with van der Waals surface area (Å²) in [6, 6.07) is 4.10. The van der Waals surface area contributed by atoms with Crippen molar-refractivity contribution in [1.29, 1.82) is 0 Å². The Morgan fingerprint density at radius 2 is 2.25 bits per heavy atom. The van der Waals surface area contributed by atoms with Gasteiger partial charge >= 0.3 is 0 Å². The summed E-state index contributed by atoms with van der Waals surface area (Å²) in [5, 5.41) is 0. The molecule has 0 saturated heterocycles. The van der Waals surface area contributed by atoms with E-state index in [1.54, 1.807) is 0 Å². The van der Waals surface area contributed by atoms with Crippen LogP contribution in [0.5, 0.6) is 0 Å². The van der Waals surface area contributed by atoms with Crippen LogP contribution in [0, 0.1) is 6.92 Å². The number of hydrogen-bond acceptors (Lipinski definition) is 2. The lowest BCUT2D eigenvalue weighted by Crippen LogP contribution is -2.44. The van der Waals surface area contributed by atoms with Crippen LogP contribution in [-0.4, -0.2) is 4.98 Å². The van der Waals surface area contributed by atoms with Gasteiger partial charge in [0.25, 0.3) is 0 Å². The van der Waals surface area contributed by atoms with Crippen molar-refractivity contribution in [3.63, 3.8) is 0 Å². The first-order chi connectivity index (χ1) is 5.71. The van der Waals surface area contributed by atoms with Crippen LogP contribution in [0.15, 0.2) is 18.3 Å². The fourth-order valence-corrected chi connectivity index (χ4v) is 1.62. The molecule has 12 heavy (non-hydrogen) atoms. The van der Waals surface area contributed by atoms with Gasteiger partial charge in [0.1, 0.15) is 0 Å². The second kappa shape index (κ2) is 2.56. The predicted octanol–water partition coefficient (Wildman–Crippen LogP) is 1.73. The minimum atomic E-state index is -0.105. The number of nitrogens with zero attached hydrogens (tertiary/aromatic N) is 1. The fourth-order valence-electron chi connectivity index (χ4n) is 1.62. The van der Waals surface area contributed by atoms with E-state index in [0.717, 1.165) is 18.5 Å². The molecule has 0 radical (unpaired) electrons. The minimum absolute atomic E-state index is 0.105. The highest BCUT2D eigenvalue weighted by atomic mass is 14.9. The van der Waals surface area contributed by atoms with Crippen molar-refractivity contribution < 1.29 is 0 Å². The SMILES string of the molecule is Cc1ccnc(C2(N)CCC2)c1. The Bertz CT molecular complexity index is 290. The molecule has 0 spiro atoms. The molecule has 0 aliphatic heterocycles. The summed E-state index contributed by atoms with van der Waals surface area (Å²) in [6.45, 7) is 2.08. The van der Waals surface area contributed by atoms with Gasteiger partial charge in [0.15, 0.2) is 0 Å². The third-order valence-corrected chi connectivity index (χ3v) is 2.67. The molecule has 1 heterocycles. The van der Waals surface area contributed by atoms with Crippen molar-refractivity contribution in [3.05, 3.63) is 29.6 Å². The summed E-state index contributed by atoms with van der Waals surface area (Å²) in [5.74, 6) is 0. The largest absolute Gasteiger partial charge is 0.320 e. The van der Waals surface area contributed by atoms with E-state index in [2.05, 4.69) is 18.0 Å². The molecular formula is C10H14N2. The molecule has 1 saturated carbocycles. The van der Waals surface area contributed by atoms with Crippen molar-refractivity contribution in [1.82, 2.24) is 4.98 Å².